The van der Waals surface area contributed by atoms with Gasteiger partial charge in [0, 0.05) is 13.2 Å². The maximum Gasteiger partial charge on any atom is 0.230 e. The number of hydrogen-bond donors (Lipinski definition) is 2. The Morgan fingerprint density at radius 2 is 1.95 bits per heavy atom. The molecule has 5 nitrogen and oxygen atoms in total. The van der Waals surface area contributed by atoms with Gasteiger partial charge in [-0.15, -0.1) is 0 Å². The summed E-state index contributed by atoms with van der Waals surface area (Å²) in [5.74, 6) is 0.846. The van der Waals surface area contributed by atoms with E-state index in [0.717, 1.165) is 5.92 Å². The average Bonchev–Trinajstić information content (AvgIpc) is 3.23. The summed E-state index contributed by atoms with van der Waals surface area (Å²) in [4.78, 5) is 8.81. The van der Waals surface area contributed by atoms with Crippen LogP contribution in [-0.4, -0.2) is 21.4 Å². The molecule has 1 aliphatic carbocycles. The number of benzene rings is 1. The van der Waals surface area contributed by atoms with Crippen molar-refractivity contribution in [3.05, 3.63) is 53.9 Å². The molecule has 3 rings (SSSR count). The van der Waals surface area contributed by atoms with Gasteiger partial charge in [0.25, 0.3) is 0 Å². The largest absolute Gasteiger partial charge is 0.289 e. The Kier molecular flexibility index (Phi) is 7.06. The number of hydrogen-bond acceptors (Lipinski definition) is 3. The fraction of sp³-hybridized carbons (Fsp3) is 0.333. The molecular formula is C15H21N3O2. The topological polar surface area (TPSA) is 67.2 Å². The second-order valence-corrected chi connectivity index (χ2v) is 4.62. The van der Waals surface area contributed by atoms with Crippen LogP contribution in [0.4, 0.5) is 0 Å². The molecule has 20 heavy (non-hydrogen) atoms. The fourth-order valence-electron chi connectivity index (χ4n) is 1.60. The van der Waals surface area contributed by atoms with Gasteiger partial charge < -0.3 is 0 Å². The molecule has 1 fully saturated rings. The Bertz CT molecular complexity index is 493. The van der Waals surface area contributed by atoms with Crippen molar-refractivity contribution in [3.63, 3.8) is 0 Å². The zero-order chi connectivity index (χ0) is 14.8. The second kappa shape index (κ2) is 8.87. The number of carbonyl (C=O) groups is 1. The van der Waals surface area contributed by atoms with Crippen LogP contribution in [0.15, 0.2) is 42.7 Å². The van der Waals surface area contributed by atoms with Gasteiger partial charge in [-0.1, -0.05) is 35.9 Å². The van der Waals surface area contributed by atoms with Gasteiger partial charge in [0.05, 0.1) is 6.20 Å². The molecule has 0 radical (unpaired) electrons. The first kappa shape index (κ1) is 15.9. The molecule has 1 saturated carbocycles. The highest BCUT2D eigenvalue weighted by atomic mass is 16.5. The summed E-state index contributed by atoms with van der Waals surface area (Å²) in [5.41, 5.74) is 3.99. The van der Waals surface area contributed by atoms with E-state index in [9.17, 15) is 0 Å². The van der Waals surface area contributed by atoms with Crippen LogP contribution in [0.1, 0.15) is 29.9 Å². The number of carbonyl (C=O) groups excluding carboxylic acids is 1. The van der Waals surface area contributed by atoms with E-state index in [-0.39, 0.29) is 6.41 Å². The van der Waals surface area contributed by atoms with Crippen LogP contribution in [0.3, 0.4) is 0 Å². The fourth-order valence-corrected chi connectivity index (χ4v) is 1.60. The van der Waals surface area contributed by atoms with Crippen LogP contribution in [0, 0.1) is 6.92 Å². The summed E-state index contributed by atoms with van der Waals surface area (Å²) in [6, 6.07) is 10.3. The predicted octanol–water partition coefficient (Wildman–Crippen LogP) is 2.41. The zero-order valence-corrected chi connectivity index (χ0v) is 11.9. The smallest absolute Gasteiger partial charge is 0.230 e. The number of nitrogens with zero attached hydrogens (tertiary/aromatic N) is 2. The van der Waals surface area contributed by atoms with E-state index in [2.05, 4.69) is 30.4 Å². The quantitative estimate of drug-likeness (QED) is 0.502. The van der Waals surface area contributed by atoms with Crippen molar-refractivity contribution in [1.82, 2.24) is 15.3 Å². The highest BCUT2D eigenvalue weighted by molar-refractivity contribution is 5.43. The minimum Gasteiger partial charge on any atom is -0.289 e. The maximum atomic E-state index is 8.81. The zero-order valence-electron chi connectivity index (χ0n) is 11.9. The van der Waals surface area contributed by atoms with E-state index in [1.165, 1.54) is 29.4 Å². The highest BCUT2D eigenvalue weighted by Gasteiger charge is 2.24. The van der Waals surface area contributed by atoms with Crippen molar-refractivity contribution < 1.29 is 10.0 Å². The van der Waals surface area contributed by atoms with Crippen molar-refractivity contribution in [2.24, 2.45) is 7.05 Å². The Labute approximate surface area is 119 Å². The Morgan fingerprint density at radius 3 is 2.25 bits per heavy atom. The number of aromatic nitrogens is 2. The molecule has 0 aliphatic heterocycles. The van der Waals surface area contributed by atoms with Crippen LogP contribution < -0.4 is 5.48 Å². The molecule has 2 aromatic rings. The summed E-state index contributed by atoms with van der Waals surface area (Å²) in [7, 11) is 1.96. The van der Waals surface area contributed by atoms with Crippen molar-refractivity contribution >= 4 is 6.41 Å². The molecule has 1 heterocycles. The molecule has 1 aromatic carbocycles. The van der Waals surface area contributed by atoms with E-state index in [1.54, 1.807) is 0 Å². The average molecular weight is 275 g/mol. The Hall–Kier alpha value is -2.14. The molecule has 5 heteroatoms. The highest BCUT2D eigenvalue weighted by Crippen LogP contribution is 2.39. The van der Waals surface area contributed by atoms with Crippen molar-refractivity contribution in [2.45, 2.75) is 25.7 Å². The van der Waals surface area contributed by atoms with Gasteiger partial charge in [-0.2, -0.15) is 5.10 Å². The van der Waals surface area contributed by atoms with Gasteiger partial charge in [-0.05, 0) is 31.2 Å². The molecule has 0 unspecified atom stereocenters. The van der Waals surface area contributed by atoms with E-state index >= 15 is 0 Å². The molecule has 1 aromatic heterocycles. The Balaban J connectivity index is 0.000000164. The predicted molar refractivity (Wildman–Crippen MR) is 77.3 cm³/mol. The van der Waals surface area contributed by atoms with E-state index < -0.39 is 0 Å². The minimum atomic E-state index is 0.181. The lowest BCUT2D eigenvalue weighted by Crippen LogP contribution is -1.99. The van der Waals surface area contributed by atoms with Gasteiger partial charge >= 0.3 is 0 Å². The third-order valence-corrected chi connectivity index (χ3v) is 2.77. The van der Waals surface area contributed by atoms with Gasteiger partial charge in [0.1, 0.15) is 0 Å². The van der Waals surface area contributed by atoms with E-state index in [0.29, 0.717) is 0 Å². The summed E-state index contributed by atoms with van der Waals surface area (Å²) < 4.78 is 1.87. The number of aryl methyl sites for hydroxylation is 2. The van der Waals surface area contributed by atoms with Gasteiger partial charge in [0.15, 0.2) is 0 Å². The molecule has 0 saturated heterocycles. The number of rotatable bonds is 2. The first-order valence-corrected chi connectivity index (χ1v) is 6.50. The molecule has 1 aliphatic rings. The van der Waals surface area contributed by atoms with Crippen LogP contribution in [0.25, 0.3) is 0 Å². The van der Waals surface area contributed by atoms with Gasteiger partial charge in [-0.3, -0.25) is 14.7 Å². The SMILES string of the molecule is Cc1ccccc1.Cn1cc(C2CC2)cn1.O=CNO. The monoisotopic (exact) mass is 275 g/mol. The summed E-state index contributed by atoms with van der Waals surface area (Å²) in [5, 5.41) is 11.4. The molecule has 0 atom stereocenters. The number of nitrogens with one attached hydrogen (secondary N) is 1. The molecule has 1 amide bonds. The van der Waals surface area contributed by atoms with Crippen molar-refractivity contribution in [2.75, 3.05) is 0 Å². The maximum absolute atomic E-state index is 8.81. The Morgan fingerprint density at radius 1 is 1.35 bits per heavy atom. The van der Waals surface area contributed by atoms with Crippen LogP contribution >= 0.6 is 0 Å². The van der Waals surface area contributed by atoms with E-state index in [4.69, 9.17) is 10.0 Å². The lowest BCUT2D eigenvalue weighted by atomic mass is 10.2. The van der Waals surface area contributed by atoms with Crippen molar-refractivity contribution in [3.8, 4) is 0 Å². The number of amides is 1. The third-order valence-electron chi connectivity index (χ3n) is 2.77. The molecule has 108 valence electrons. The third kappa shape index (κ3) is 6.70. The molecule has 0 bridgehead atoms. The standard InChI is InChI=1S/C7H10N2.C7H8.CH3NO2/c1-9-5-7(4-8-9)6-2-3-6;1-7-5-3-2-4-6-7;3-1-2-4/h4-6H,2-3H2,1H3;2-6H,1H3;1,4H,(H,2,3). The first-order chi connectivity index (χ1) is 9.67. The number of hydroxylamine groups is 1. The summed E-state index contributed by atoms with van der Waals surface area (Å²) in [6.07, 6.45) is 6.99. The van der Waals surface area contributed by atoms with Gasteiger partial charge in [-0.25, -0.2) is 5.48 Å². The van der Waals surface area contributed by atoms with Crippen LogP contribution in [-0.2, 0) is 11.8 Å². The first-order valence-electron chi connectivity index (χ1n) is 6.50. The summed E-state index contributed by atoms with van der Waals surface area (Å²) >= 11 is 0. The lowest BCUT2D eigenvalue weighted by molar-refractivity contribution is -0.116. The van der Waals surface area contributed by atoms with Crippen molar-refractivity contribution in [1.29, 1.82) is 0 Å². The normalized spacial score (nSPS) is 12.3. The molecule has 0 spiro atoms. The van der Waals surface area contributed by atoms with Crippen LogP contribution in [0.5, 0.6) is 0 Å². The van der Waals surface area contributed by atoms with E-state index in [1.807, 2.05) is 36.1 Å². The van der Waals surface area contributed by atoms with Crippen LogP contribution in [0.2, 0.25) is 0 Å². The summed E-state index contributed by atoms with van der Waals surface area (Å²) in [6.45, 7) is 2.08. The second-order valence-electron chi connectivity index (χ2n) is 4.62. The lowest BCUT2D eigenvalue weighted by Gasteiger charge is -1.84. The molecule has 2 N–H and O–H groups in total. The van der Waals surface area contributed by atoms with Gasteiger partial charge in [0.2, 0.25) is 6.41 Å². The minimum absolute atomic E-state index is 0.181. The molecular weight excluding hydrogens is 254 g/mol.